The fourth-order valence-electron chi connectivity index (χ4n) is 2.61. The lowest BCUT2D eigenvalue weighted by Gasteiger charge is -2.12. The number of aromatic nitrogens is 2. The minimum atomic E-state index is -0.429. The molecule has 0 spiro atoms. The Morgan fingerprint density at radius 3 is 2.44 bits per heavy atom. The quantitative estimate of drug-likeness (QED) is 0.635. The first kappa shape index (κ1) is 18.9. The van der Waals surface area contributed by atoms with Gasteiger partial charge in [-0.25, -0.2) is 4.39 Å². The van der Waals surface area contributed by atoms with Gasteiger partial charge in [0.15, 0.2) is 5.82 Å². The van der Waals surface area contributed by atoms with E-state index < -0.39 is 5.91 Å². The topological polar surface area (TPSA) is 65.4 Å². The maximum absolute atomic E-state index is 13.8. The summed E-state index contributed by atoms with van der Waals surface area (Å²) in [6, 6.07) is 11.5. The van der Waals surface area contributed by atoms with Crippen LogP contribution in [0.1, 0.15) is 15.9 Å². The van der Waals surface area contributed by atoms with E-state index in [-0.39, 0.29) is 17.9 Å². The molecule has 1 aromatic heterocycles. The Morgan fingerprint density at radius 1 is 1.15 bits per heavy atom. The molecule has 6 nitrogen and oxygen atoms in total. The summed E-state index contributed by atoms with van der Waals surface area (Å²) in [6.07, 6.45) is 1.67. The molecule has 0 saturated heterocycles. The molecule has 3 aromatic rings. The van der Waals surface area contributed by atoms with Gasteiger partial charge in [0.1, 0.15) is 22.9 Å². The van der Waals surface area contributed by atoms with Crippen molar-refractivity contribution in [3.8, 4) is 11.5 Å². The number of methoxy groups -OCH3 is 2. The van der Waals surface area contributed by atoms with Crippen LogP contribution in [0.3, 0.4) is 0 Å². The fraction of sp³-hybridized carbons (Fsp3) is 0.158. The fourth-order valence-corrected chi connectivity index (χ4v) is 3.02. The van der Waals surface area contributed by atoms with Crippen LogP contribution in [-0.4, -0.2) is 29.9 Å². The van der Waals surface area contributed by atoms with Gasteiger partial charge in [0.25, 0.3) is 5.91 Å². The predicted octanol–water partition coefficient (Wildman–Crippen LogP) is 4.10. The van der Waals surface area contributed by atoms with Crippen LogP contribution in [0.5, 0.6) is 11.5 Å². The standard InChI is InChI=1S/C19H17BrFN3O3/c1-26-15-8-5-9-16(27-2)17(15)19(25)22-18-13(20)11-24(23-18)10-12-6-3-4-7-14(12)21/h3-9,11H,10H2,1-2H3,(H,22,23,25). The van der Waals surface area contributed by atoms with E-state index >= 15 is 0 Å². The zero-order valence-electron chi connectivity index (χ0n) is 14.7. The van der Waals surface area contributed by atoms with E-state index in [2.05, 4.69) is 26.3 Å². The molecule has 140 valence electrons. The van der Waals surface area contributed by atoms with Crippen molar-refractivity contribution in [1.29, 1.82) is 0 Å². The number of hydrogen-bond acceptors (Lipinski definition) is 4. The number of anilines is 1. The summed E-state index contributed by atoms with van der Waals surface area (Å²) in [4.78, 5) is 12.7. The number of rotatable bonds is 6. The number of carbonyl (C=O) groups is 1. The van der Waals surface area contributed by atoms with E-state index in [0.717, 1.165) is 0 Å². The maximum Gasteiger partial charge on any atom is 0.264 e. The van der Waals surface area contributed by atoms with Gasteiger partial charge in [0.2, 0.25) is 0 Å². The van der Waals surface area contributed by atoms with Crippen molar-refractivity contribution in [2.45, 2.75) is 6.54 Å². The molecule has 0 atom stereocenters. The Labute approximate surface area is 164 Å². The molecule has 0 unspecified atom stereocenters. The number of nitrogens with one attached hydrogen (secondary N) is 1. The van der Waals surface area contributed by atoms with Crippen molar-refractivity contribution in [2.75, 3.05) is 19.5 Å². The summed E-state index contributed by atoms with van der Waals surface area (Å²) >= 11 is 3.37. The van der Waals surface area contributed by atoms with Crippen LogP contribution in [0.2, 0.25) is 0 Å². The number of hydrogen-bond donors (Lipinski definition) is 1. The Bertz CT molecular complexity index is 952. The van der Waals surface area contributed by atoms with Gasteiger partial charge in [-0.2, -0.15) is 5.10 Å². The molecule has 1 N–H and O–H groups in total. The van der Waals surface area contributed by atoms with Gasteiger partial charge < -0.3 is 14.8 Å². The number of halogens is 2. The van der Waals surface area contributed by atoms with E-state index in [0.29, 0.717) is 27.4 Å². The van der Waals surface area contributed by atoms with Crippen LogP contribution in [0.15, 0.2) is 53.1 Å². The van der Waals surface area contributed by atoms with E-state index in [1.165, 1.54) is 25.0 Å². The van der Waals surface area contributed by atoms with Crippen molar-refractivity contribution in [2.24, 2.45) is 0 Å². The second kappa shape index (κ2) is 8.22. The van der Waals surface area contributed by atoms with Crippen LogP contribution in [0.25, 0.3) is 0 Å². The van der Waals surface area contributed by atoms with Crippen molar-refractivity contribution in [3.05, 3.63) is 70.1 Å². The van der Waals surface area contributed by atoms with Gasteiger partial charge in [-0.05, 0) is 34.1 Å². The molecule has 0 bridgehead atoms. The molecule has 2 aromatic carbocycles. The Kier molecular flexibility index (Phi) is 5.75. The second-order valence-corrected chi connectivity index (χ2v) is 6.46. The lowest BCUT2D eigenvalue weighted by atomic mass is 10.1. The average Bonchev–Trinajstić information content (AvgIpc) is 3.01. The Hall–Kier alpha value is -2.87. The lowest BCUT2D eigenvalue weighted by molar-refractivity contribution is 0.102. The third-order valence-corrected chi connectivity index (χ3v) is 4.47. The molecule has 0 aliphatic carbocycles. The smallest absolute Gasteiger partial charge is 0.264 e. The molecule has 3 rings (SSSR count). The van der Waals surface area contributed by atoms with Gasteiger partial charge in [-0.1, -0.05) is 24.3 Å². The zero-order chi connectivity index (χ0) is 19.4. The summed E-state index contributed by atoms with van der Waals surface area (Å²) in [5.41, 5.74) is 0.759. The van der Waals surface area contributed by atoms with Gasteiger partial charge in [0, 0.05) is 11.8 Å². The van der Waals surface area contributed by atoms with Gasteiger partial charge in [-0.3, -0.25) is 9.48 Å². The highest BCUT2D eigenvalue weighted by Crippen LogP contribution is 2.30. The second-order valence-electron chi connectivity index (χ2n) is 5.61. The summed E-state index contributed by atoms with van der Waals surface area (Å²) in [7, 11) is 2.95. The van der Waals surface area contributed by atoms with Gasteiger partial charge in [-0.15, -0.1) is 0 Å². The molecular formula is C19H17BrFN3O3. The molecule has 0 aliphatic rings. The highest BCUT2D eigenvalue weighted by molar-refractivity contribution is 9.10. The van der Waals surface area contributed by atoms with Crippen molar-refractivity contribution in [1.82, 2.24) is 9.78 Å². The first-order valence-electron chi connectivity index (χ1n) is 8.02. The van der Waals surface area contributed by atoms with Crippen LogP contribution in [0.4, 0.5) is 10.2 Å². The molecule has 0 fully saturated rings. The molecule has 0 aliphatic heterocycles. The molecule has 0 saturated carbocycles. The summed E-state index contributed by atoms with van der Waals surface area (Å²) in [5, 5.41) is 7.04. The summed E-state index contributed by atoms with van der Waals surface area (Å²) < 4.78 is 26.4. The van der Waals surface area contributed by atoms with Crippen LogP contribution in [0, 0.1) is 5.82 Å². The largest absolute Gasteiger partial charge is 0.496 e. The van der Waals surface area contributed by atoms with E-state index in [1.807, 2.05) is 0 Å². The van der Waals surface area contributed by atoms with Gasteiger partial charge >= 0.3 is 0 Å². The number of ether oxygens (including phenoxy) is 2. The number of carbonyl (C=O) groups excluding carboxylic acids is 1. The number of benzene rings is 2. The molecular weight excluding hydrogens is 417 g/mol. The summed E-state index contributed by atoms with van der Waals surface area (Å²) in [5.74, 6) is 0.335. The monoisotopic (exact) mass is 433 g/mol. The van der Waals surface area contributed by atoms with E-state index in [1.54, 1.807) is 42.6 Å². The first-order chi connectivity index (χ1) is 13.0. The molecule has 1 heterocycles. The molecule has 27 heavy (non-hydrogen) atoms. The predicted molar refractivity (Wildman–Crippen MR) is 103 cm³/mol. The van der Waals surface area contributed by atoms with Crippen LogP contribution < -0.4 is 14.8 Å². The minimum Gasteiger partial charge on any atom is -0.496 e. The summed E-state index contributed by atoms with van der Waals surface area (Å²) in [6.45, 7) is 0.235. The third kappa shape index (κ3) is 4.11. The Morgan fingerprint density at radius 2 is 1.81 bits per heavy atom. The normalized spacial score (nSPS) is 10.5. The Balaban J connectivity index is 1.84. The average molecular weight is 434 g/mol. The van der Waals surface area contributed by atoms with Crippen molar-refractivity contribution in [3.63, 3.8) is 0 Å². The lowest BCUT2D eigenvalue weighted by Crippen LogP contribution is -2.15. The number of nitrogens with zero attached hydrogens (tertiary/aromatic N) is 2. The van der Waals surface area contributed by atoms with Crippen LogP contribution in [-0.2, 0) is 6.54 Å². The zero-order valence-corrected chi connectivity index (χ0v) is 16.3. The SMILES string of the molecule is COc1cccc(OC)c1C(=O)Nc1nn(Cc2ccccc2F)cc1Br. The maximum atomic E-state index is 13.8. The van der Waals surface area contributed by atoms with Gasteiger partial charge in [0.05, 0.1) is 25.2 Å². The molecule has 1 amide bonds. The van der Waals surface area contributed by atoms with E-state index in [4.69, 9.17) is 9.47 Å². The number of amides is 1. The first-order valence-corrected chi connectivity index (χ1v) is 8.81. The third-order valence-electron chi connectivity index (χ3n) is 3.89. The van der Waals surface area contributed by atoms with Crippen LogP contribution >= 0.6 is 15.9 Å². The minimum absolute atomic E-state index is 0.235. The van der Waals surface area contributed by atoms with Crippen molar-refractivity contribution < 1.29 is 18.7 Å². The van der Waals surface area contributed by atoms with E-state index in [9.17, 15) is 9.18 Å². The highest BCUT2D eigenvalue weighted by Gasteiger charge is 2.20. The molecule has 8 heteroatoms. The molecule has 0 radical (unpaired) electrons. The van der Waals surface area contributed by atoms with Crippen molar-refractivity contribution >= 4 is 27.7 Å². The highest BCUT2D eigenvalue weighted by atomic mass is 79.9.